The third-order valence-electron chi connectivity index (χ3n) is 3.01. The van der Waals surface area contributed by atoms with E-state index in [1.807, 2.05) is 18.2 Å². The first-order valence-electron chi connectivity index (χ1n) is 5.85. The van der Waals surface area contributed by atoms with Crippen molar-refractivity contribution in [3.63, 3.8) is 0 Å². The molecular formula is C15H15FIN. The monoisotopic (exact) mass is 355 g/mol. The number of rotatable bonds is 3. The summed E-state index contributed by atoms with van der Waals surface area (Å²) in [4.78, 5) is 0. The molecule has 0 saturated heterocycles. The van der Waals surface area contributed by atoms with Gasteiger partial charge >= 0.3 is 0 Å². The fourth-order valence-electron chi connectivity index (χ4n) is 1.83. The number of anilines is 1. The van der Waals surface area contributed by atoms with Gasteiger partial charge in [-0.25, -0.2) is 4.39 Å². The van der Waals surface area contributed by atoms with Gasteiger partial charge in [0.05, 0.1) is 0 Å². The van der Waals surface area contributed by atoms with Crippen LogP contribution < -0.4 is 5.32 Å². The first-order chi connectivity index (χ1) is 8.58. The lowest BCUT2D eigenvalue weighted by molar-refractivity contribution is 0.626. The summed E-state index contributed by atoms with van der Waals surface area (Å²) in [5, 5.41) is 3.46. The molecule has 0 bridgehead atoms. The zero-order chi connectivity index (χ0) is 13.1. The zero-order valence-corrected chi connectivity index (χ0v) is 12.5. The summed E-state index contributed by atoms with van der Waals surface area (Å²) in [7, 11) is 0. The van der Waals surface area contributed by atoms with Crippen molar-refractivity contribution in [2.45, 2.75) is 19.9 Å². The van der Waals surface area contributed by atoms with Gasteiger partial charge in [-0.15, -0.1) is 0 Å². The van der Waals surface area contributed by atoms with Crippen molar-refractivity contribution in [2.75, 3.05) is 5.32 Å². The molecule has 2 aromatic carbocycles. The lowest BCUT2D eigenvalue weighted by Gasteiger charge is -2.18. The Kier molecular flexibility index (Phi) is 4.22. The molecule has 0 aromatic heterocycles. The van der Waals surface area contributed by atoms with E-state index in [1.165, 1.54) is 21.3 Å². The summed E-state index contributed by atoms with van der Waals surface area (Å²) in [5.74, 6) is -0.198. The molecule has 0 amide bonds. The van der Waals surface area contributed by atoms with Gasteiger partial charge in [-0.3, -0.25) is 0 Å². The molecule has 1 unspecified atom stereocenters. The number of halogens is 2. The quantitative estimate of drug-likeness (QED) is 0.772. The highest BCUT2D eigenvalue weighted by Gasteiger charge is 2.08. The van der Waals surface area contributed by atoms with Crippen LogP contribution in [-0.2, 0) is 0 Å². The second-order valence-corrected chi connectivity index (χ2v) is 5.49. The highest BCUT2D eigenvalue weighted by atomic mass is 127. The van der Waals surface area contributed by atoms with Crippen LogP contribution in [-0.4, -0.2) is 0 Å². The average molecular weight is 355 g/mol. The van der Waals surface area contributed by atoms with Crippen molar-refractivity contribution in [3.05, 3.63) is 63.0 Å². The summed E-state index contributed by atoms with van der Waals surface area (Å²) in [6.45, 7) is 4.17. The molecule has 0 spiro atoms. The highest BCUT2D eigenvalue weighted by molar-refractivity contribution is 14.1. The second-order valence-electron chi connectivity index (χ2n) is 4.33. The van der Waals surface area contributed by atoms with Crippen LogP contribution in [0.15, 0.2) is 42.5 Å². The second kappa shape index (κ2) is 5.69. The molecule has 0 saturated carbocycles. The highest BCUT2D eigenvalue weighted by Crippen LogP contribution is 2.25. The molecule has 1 nitrogen and oxygen atoms in total. The number of benzene rings is 2. The van der Waals surface area contributed by atoms with Gasteiger partial charge < -0.3 is 5.32 Å². The first kappa shape index (κ1) is 13.3. The molecule has 2 aromatic rings. The maximum Gasteiger partial charge on any atom is 0.123 e. The van der Waals surface area contributed by atoms with E-state index in [-0.39, 0.29) is 11.9 Å². The fourth-order valence-corrected chi connectivity index (χ4v) is 2.33. The minimum atomic E-state index is -0.198. The Labute approximate surface area is 121 Å². The van der Waals surface area contributed by atoms with Crippen molar-refractivity contribution in [1.82, 2.24) is 0 Å². The molecule has 1 atom stereocenters. The van der Waals surface area contributed by atoms with Gasteiger partial charge in [0.15, 0.2) is 0 Å². The van der Waals surface area contributed by atoms with E-state index in [0.29, 0.717) is 0 Å². The predicted octanol–water partition coefficient (Wildman–Crippen LogP) is 4.91. The molecule has 2 rings (SSSR count). The van der Waals surface area contributed by atoms with Crippen LogP contribution in [0.1, 0.15) is 24.1 Å². The Bertz CT molecular complexity index is 537. The summed E-state index contributed by atoms with van der Waals surface area (Å²) < 4.78 is 14.1. The van der Waals surface area contributed by atoms with Crippen LogP contribution in [0.4, 0.5) is 10.1 Å². The maximum absolute atomic E-state index is 12.9. The molecular weight excluding hydrogens is 340 g/mol. The standard InChI is InChI=1S/C15H15FIN/c1-10-14(17)4-3-5-15(10)18-11(2)12-6-8-13(16)9-7-12/h3-9,11,18H,1-2H3. The maximum atomic E-state index is 12.9. The molecule has 0 radical (unpaired) electrons. The van der Waals surface area contributed by atoms with Gasteiger partial charge in [0.2, 0.25) is 0 Å². The lowest BCUT2D eigenvalue weighted by Crippen LogP contribution is -2.08. The third kappa shape index (κ3) is 3.02. The van der Waals surface area contributed by atoms with Crippen molar-refractivity contribution >= 4 is 28.3 Å². The van der Waals surface area contributed by atoms with Crippen LogP contribution in [0.3, 0.4) is 0 Å². The Morgan fingerprint density at radius 1 is 1.11 bits per heavy atom. The SMILES string of the molecule is Cc1c(I)cccc1NC(C)c1ccc(F)cc1. The zero-order valence-electron chi connectivity index (χ0n) is 10.4. The van der Waals surface area contributed by atoms with Gasteiger partial charge in [-0.1, -0.05) is 18.2 Å². The van der Waals surface area contributed by atoms with Gasteiger partial charge in [-0.2, -0.15) is 0 Å². The van der Waals surface area contributed by atoms with E-state index in [2.05, 4.69) is 53.9 Å². The molecule has 0 aliphatic heterocycles. The first-order valence-corrected chi connectivity index (χ1v) is 6.93. The van der Waals surface area contributed by atoms with Crippen molar-refractivity contribution in [1.29, 1.82) is 0 Å². The normalized spacial score (nSPS) is 12.2. The Morgan fingerprint density at radius 3 is 2.44 bits per heavy atom. The van der Waals surface area contributed by atoms with Crippen molar-refractivity contribution < 1.29 is 4.39 Å². The number of hydrogen-bond donors (Lipinski definition) is 1. The van der Waals surface area contributed by atoms with Crippen LogP contribution in [0.2, 0.25) is 0 Å². The Balaban J connectivity index is 2.18. The van der Waals surface area contributed by atoms with Crippen molar-refractivity contribution in [3.8, 4) is 0 Å². The largest absolute Gasteiger partial charge is 0.378 e. The molecule has 0 aliphatic rings. The van der Waals surface area contributed by atoms with Gasteiger partial charge in [-0.05, 0) is 71.8 Å². The van der Waals surface area contributed by atoms with E-state index >= 15 is 0 Å². The minimum absolute atomic E-state index is 0.155. The van der Waals surface area contributed by atoms with E-state index in [4.69, 9.17) is 0 Å². The average Bonchev–Trinajstić information content (AvgIpc) is 2.36. The van der Waals surface area contributed by atoms with Gasteiger partial charge in [0, 0.05) is 15.3 Å². The molecule has 0 aliphatic carbocycles. The fraction of sp³-hybridized carbons (Fsp3) is 0.200. The van der Waals surface area contributed by atoms with E-state index in [9.17, 15) is 4.39 Å². The van der Waals surface area contributed by atoms with Crippen LogP contribution >= 0.6 is 22.6 Å². The summed E-state index contributed by atoms with van der Waals surface area (Å²) in [5.41, 5.74) is 3.44. The van der Waals surface area contributed by atoms with E-state index < -0.39 is 0 Å². The molecule has 1 N–H and O–H groups in total. The predicted molar refractivity (Wildman–Crippen MR) is 82.3 cm³/mol. The topological polar surface area (TPSA) is 12.0 Å². The summed E-state index contributed by atoms with van der Waals surface area (Å²) in [6.07, 6.45) is 0. The molecule has 94 valence electrons. The van der Waals surface area contributed by atoms with Crippen LogP contribution in [0.25, 0.3) is 0 Å². The van der Waals surface area contributed by atoms with Gasteiger partial charge in [0.25, 0.3) is 0 Å². The van der Waals surface area contributed by atoms with E-state index in [1.54, 1.807) is 0 Å². The molecule has 0 fully saturated rings. The summed E-state index contributed by atoms with van der Waals surface area (Å²) >= 11 is 2.33. The Hall–Kier alpha value is -1.10. The van der Waals surface area contributed by atoms with Crippen LogP contribution in [0.5, 0.6) is 0 Å². The van der Waals surface area contributed by atoms with Gasteiger partial charge in [0.1, 0.15) is 5.82 Å². The molecule has 0 heterocycles. The number of hydrogen-bond acceptors (Lipinski definition) is 1. The van der Waals surface area contributed by atoms with Crippen molar-refractivity contribution in [2.24, 2.45) is 0 Å². The number of nitrogens with one attached hydrogen (secondary N) is 1. The van der Waals surface area contributed by atoms with Crippen LogP contribution in [0, 0.1) is 16.3 Å². The third-order valence-corrected chi connectivity index (χ3v) is 4.18. The lowest BCUT2D eigenvalue weighted by atomic mass is 10.1. The van der Waals surface area contributed by atoms with E-state index in [0.717, 1.165) is 11.3 Å². The molecule has 3 heteroatoms. The minimum Gasteiger partial charge on any atom is -0.378 e. The Morgan fingerprint density at radius 2 is 1.78 bits per heavy atom. The molecule has 18 heavy (non-hydrogen) atoms. The summed E-state index contributed by atoms with van der Waals surface area (Å²) in [6, 6.07) is 13.0. The smallest absolute Gasteiger partial charge is 0.123 e.